The molecule has 0 amide bonds. The van der Waals surface area contributed by atoms with Crippen LogP contribution in [-0.4, -0.2) is 19.7 Å². The SMILES string of the molecule is CCOC(=O)c1c(-c2ccccc2)cc2ccccc2c1-c1ccc(OC)cc1. The Morgan fingerprint density at radius 1 is 0.828 bits per heavy atom. The molecule has 144 valence electrons. The molecule has 4 aromatic carbocycles. The van der Waals surface area contributed by atoms with Crippen molar-refractivity contribution in [3.05, 3.63) is 90.5 Å². The summed E-state index contributed by atoms with van der Waals surface area (Å²) in [6.07, 6.45) is 0. The van der Waals surface area contributed by atoms with Crippen LogP contribution < -0.4 is 4.74 Å². The van der Waals surface area contributed by atoms with Crippen molar-refractivity contribution >= 4 is 16.7 Å². The number of hydrogen-bond acceptors (Lipinski definition) is 3. The van der Waals surface area contributed by atoms with Crippen LogP contribution in [0.15, 0.2) is 84.9 Å². The van der Waals surface area contributed by atoms with E-state index in [4.69, 9.17) is 9.47 Å². The molecule has 0 unspecified atom stereocenters. The largest absolute Gasteiger partial charge is 0.497 e. The molecule has 29 heavy (non-hydrogen) atoms. The number of rotatable bonds is 5. The first-order chi connectivity index (χ1) is 14.2. The normalized spacial score (nSPS) is 10.7. The van der Waals surface area contributed by atoms with Crippen LogP contribution in [-0.2, 0) is 4.74 Å². The van der Waals surface area contributed by atoms with Gasteiger partial charge in [-0.2, -0.15) is 0 Å². The quantitative estimate of drug-likeness (QED) is 0.377. The van der Waals surface area contributed by atoms with Crippen molar-refractivity contribution in [1.29, 1.82) is 0 Å². The van der Waals surface area contributed by atoms with E-state index < -0.39 is 0 Å². The molecule has 4 rings (SSSR count). The Hall–Kier alpha value is -3.59. The van der Waals surface area contributed by atoms with Crippen molar-refractivity contribution in [2.24, 2.45) is 0 Å². The van der Waals surface area contributed by atoms with Crippen molar-refractivity contribution in [1.82, 2.24) is 0 Å². The topological polar surface area (TPSA) is 35.5 Å². The molecule has 0 N–H and O–H groups in total. The zero-order valence-electron chi connectivity index (χ0n) is 16.5. The van der Waals surface area contributed by atoms with Crippen molar-refractivity contribution in [2.45, 2.75) is 6.92 Å². The molecule has 0 aromatic heterocycles. The first kappa shape index (κ1) is 18.8. The summed E-state index contributed by atoms with van der Waals surface area (Å²) in [5.41, 5.74) is 4.26. The van der Waals surface area contributed by atoms with Gasteiger partial charge in [0.15, 0.2) is 0 Å². The first-order valence-corrected chi connectivity index (χ1v) is 9.65. The molecule has 0 aliphatic heterocycles. The summed E-state index contributed by atoms with van der Waals surface area (Å²) in [7, 11) is 1.64. The summed E-state index contributed by atoms with van der Waals surface area (Å²) in [6.45, 7) is 2.15. The second-order valence-corrected chi connectivity index (χ2v) is 6.71. The number of hydrogen-bond donors (Lipinski definition) is 0. The summed E-state index contributed by atoms with van der Waals surface area (Å²) in [5, 5.41) is 2.09. The minimum Gasteiger partial charge on any atom is -0.497 e. The Labute approximate surface area is 170 Å². The Bertz CT molecular complexity index is 1150. The number of methoxy groups -OCH3 is 1. The minimum atomic E-state index is -0.317. The molecule has 3 nitrogen and oxygen atoms in total. The number of esters is 1. The van der Waals surface area contributed by atoms with Crippen molar-refractivity contribution in [3.63, 3.8) is 0 Å². The lowest BCUT2D eigenvalue weighted by Gasteiger charge is -2.18. The molecule has 0 spiro atoms. The van der Waals surface area contributed by atoms with Crippen LogP contribution in [0.25, 0.3) is 33.0 Å². The number of benzene rings is 4. The van der Waals surface area contributed by atoms with Gasteiger partial charge in [-0.15, -0.1) is 0 Å². The van der Waals surface area contributed by atoms with Crippen molar-refractivity contribution < 1.29 is 14.3 Å². The Balaban J connectivity index is 2.09. The van der Waals surface area contributed by atoms with Gasteiger partial charge in [0.2, 0.25) is 0 Å². The Kier molecular flexibility index (Phi) is 5.30. The number of carbonyl (C=O) groups excluding carboxylic acids is 1. The summed E-state index contributed by atoms with van der Waals surface area (Å²) in [6, 6.07) is 28.0. The maximum absolute atomic E-state index is 13.2. The second kappa shape index (κ2) is 8.19. The van der Waals surface area contributed by atoms with Gasteiger partial charge in [0.05, 0.1) is 19.3 Å². The number of fused-ring (bicyclic) bond motifs is 1. The highest BCUT2D eigenvalue weighted by atomic mass is 16.5. The molecule has 0 atom stereocenters. The lowest BCUT2D eigenvalue weighted by Crippen LogP contribution is -2.09. The molecule has 0 aliphatic carbocycles. The highest BCUT2D eigenvalue weighted by molar-refractivity contribution is 6.13. The van der Waals surface area contributed by atoms with Crippen LogP contribution in [0.4, 0.5) is 0 Å². The molecule has 0 aliphatic rings. The lowest BCUT2D eigenvalue weighted by molar-refractivity contribution is 0.0528. The van der Waals surface area contributed by atoms with Gasteiger partial charge < -0.3 is 9.47 Å². The van der Waals surface area contributed by atoms with Crippen LogP contribution in [0.5, 0.6) is 5.75 Å². The molecule has 0 heterocycles. The van der Waals surface area contributed by atoms with E-state index in [9.17, 15) is 4.79 Å². The van der Waals surface area contributed by atoms with Crippen LogP contribution in [0.3, 0.4) is 0 Å². The Morgan fingerprint density at radius 3 is 2.21 bits per heavy atom. The van der Waals surface area contributed by atoms with Gasteiger partial charge in [-0.25, -0.2) is 4.79 Å². The number of carbonyl (C=O) groups is 1. The van der Waals surface area contributed by atoms with Gasteiger partial charge >= 0.3 is 5.97 Å². The van der Waals surface area contributed by atoms with E-state index in [-0.39, 0.29) is 5.97 Å². The van der Waals surface area contributed by atoms with E-state index in [1.165, 1.54) is 0 Å². The molecule has 0 fully saturated rings. The average molecular weight is 382 g/mol. The monoisotopic (exact) mass is 382 g/mol. The van der Waals surface area contributed by atoms with Gasteiger partial charge in [-0.3, -0.25) is 0 Å². The predicted molar refractivity (Wildman–Crippen MR) is 117 cm³/mol. The first-order valence-electron chi connectivity index (χ1n) is 9.65. The molecule has 4 aromatic rings. The zero-order valence-corrected chi connectivity index (χ0v) is 16.5. The van der Waals surface area contributed by atoms with Crippen LogP contribution in [0.2, 0.25) is 0 Å². The molecule has 0 saturated heterocycles. The van der Waals surface area contributed by atoms with Gasteiger partial charge in [0.1, 0.15) is 5.75 Å². The number of ether oxygens (including phenoxy) is 2. The van der Waals surface area contributed by atoms with E-state index in [2.05, 4.69) is 12.1 Å². The van der Waals surface area contributed by atoms with Crippen LogP contribution in [0.1, 0.15) is 17.3 Å². The molecule has 0 radical (unpaired) electrons. The maximum atomic E-state index is 13.2. The van der Waals surface area contributed by atoms with Gasteiger partial charge in [-0.05, 0) is 52.6 Å². The van der Waals surface area contributed by atoms with Gasteiger partial charge in [-0.1, -0.05) is 66.7 Å². The fourth-order valence-electron chi connectivity index (χ4n) is 3.67. The summed E-state index contributed by atoms with van der Waals surface area (Å²) < 4.78 is 10.8. The van der Waals surface area contributed by atoms with Crippen LogP contribution in [0, 0.1) is 0 Å². The fourth-order valence-corrected chi connectivity index (χ4v) is 3.67. The molecule has 3 heteroatoms. The second-order valence-electron chi connectivity index (χ2n) is 6.71. The third-order valence-corrected chi connectivity index (χ3v) is 4.99. The standard InChI is InChI=1S/C26H22O3/c1-3-29-26(27)25-23(18-9-5-4-6-10-18)17-20-11-7-8-12-22(20)24(25)19-13-15-21(28-2)16-14-19/h4-17H,3H2,1-2H3. The Morgan fingerprint density at radius 2 is 1.52 bits per heavy atom. The predicted octanol–water partition coefficient (Wildman–Crippen LogP) is 6.36. The smallest absolute Gasteiger partial charge is 0.339 e. The van der Waals surface area contributed by atoms with Crippen LogP contribution >= 0.6 is 0 Å². The van der Waals surface area contributed by atoms with Crippen molar-refractivity contribution in [2.75, 3.05) is 13.7 Å². The van der Waals surface area contributed by atoms with E-state index in [1.54, 1.807) is 7.11 Å². The van der Waals surface area contributed by atoms with Gasteiger partial charge in [0.25, 0.3) is 0 Å². The summed E-state index contributed by atoms with van der Waals surface area (Å²) in [5.74, 6) is 0.456. The molecule has 0 saturated carbocycles. The summed E-state index contributed by atoms with van der Waals surface area (Å²) >= 11 is 0. The third kappa shape index (κ3) is 3.59. The van der Waals surface area contributed by atoms with E-state index in [0.717, 1.165) is 38.8 Å². The fraction of sp³-hybridized carbons (Fsp3) is 0.115. The highest BCUT2D eigenvalue weighted by Gasteiger charge is 2.22. The summed E-state index contributed by atoms with van der Waals surface area (Å²) in [4.78, 5) is 13.2. The van der Waals surface area contributed by atoms with E-state index in [0.29, 0.717) is 12.2 Å². The average Bonchev–Trinajstić information content (AvgIpc) is 2.78. The molecular weight excluding hydrogens is 360 g/mol. The highest BCUT2D eigenvalue weighted by Crippen LogP contribution is 2.39. The zero-order chi connectivity index (χ0) is 20.2. The van der Waals surface area contributed by atoms with Crippen molar-refractivity contribution in [3.8, 4) is 28.0 Å². The molecule has 0 bridgehead atoms. The lowest BCUT2D eigenvalue weighted by atomic mass is 9.87. The van der Waals surface area contributed by atoms with E-state index >= 15 is 0 Å². The molecular formula is C26H22O3. The minimum absolute atomic E-state index is 0.317. The van der Waals surface area contributed by atoms with E-state index in [1.807, 2.05) is 79.7 Å². The van der Waals surface area contributed by atoms with Gasteiger partial charge in [0, 0.05) is 5.56 Å². The third-order valence-electron chi connectivity index (χ3n) is 4.99. The maximum Gasteiger partial charge on any atom is 0.339 e.